The largest absolute Gasteiger partial charge is 0.280 e. The third kappa shape index (κ3) is 1.87. The average molecular weight is 225 g/mol. The second-order valence-electron chi connectivity index (χ2n) is 3.52. The van der Waals surface area contributed by atoms with Crippen molar-refractivity contribution in [2.45, 2.75) is 19.8 Å². The maximum atomic E-state index is 13.0. The van der Waals surface area contributed by atoms with Gasteiger partial charge >= 0.3 is 0 Å². The summed E-state index contributed by atoms with van der Waals surface area (Å²) in [6.45, 7) is 1.87. The van der Waals surface area contributed by atoms with E-state index in [4.69, 9.17) is 0 Å². The summed E-state index contributed by atoms with van der Waals surface area (Å²) < 4.78 is 38.1. The van der Waals surface area contributed by atoms with E-state index >= 15 is 0 Å². The zero-order chi connectivity index (χ0) is 11.7. The molecule has 1 aromatic carbocycles. The SMILES string of the molecule is CCc1cc(C(F)F)nc2cc(F)ccc12. The van der Waals surface area contributed by atoms with Gasteiger partial charge in [-0.25, -0.2) is 18.2 Å². The summed E-state index contributed by atoms with van der Waals surface area (Å²) in [5.74, 6) is -0.464. The van der Waals surface area contributed by atoms with Gasteiger partial charge in [-0.3, -0.25) is 0 Å². The lowest BCUT2D eigenvalue weighted by Crippen LogP contribution is -1.95. The molecule has 0 bridgehead atoms. The molecule has 1 heterocycles. The highest BCUT2D eigenvalue weighted by Crippen LogP contribution is 2.25. The van der Waals surface area contributed by atoms with Crippen LogP contribution in [-0.4, -0.2) is 4.98 Å². The van der Waals surface area contributed by atoms with Gasteiger partial charge in [-0.05, 0) is 30.2 Å². The molecule has 0 amide bonds. The molecule has 0 N–H and O–H groups in total. The van der Waals surface area contributed by atoms with E-state index in [1.54, 1.807) is 6.07 Å². The Hall–Kier alpha value is -1.58. The van der Waals surface area contributed by atoms with E-state index in [1.165, 1.54) is 18.2 Å². The predicted octanol–water partition coefficient (Wildman–Crippen LogP) is 3.87. The van der Waals surface area contributed by atoms with Gasteiger partial charge < -0.3 is 0 Å². The minimum atomic E-state index is -2.63. The number of fused-ring (bicyclic) bond motifs is 1. The topological polar surface area (TPSA) is 12.9 Å². The van der Waals surface area contributed by atoms with Gasteiger partial charge in [0.1, 0.15) is 11.5 Å². The molecule has 0 atom stereocenters. The van der Waals surface area contributed by atoms with Crippen LogP contribution in [0.3, 0.4) is 0 Å². The Labute approximate surface area is 90.9 Å². The van der Waals surface area contributed by atoms with Crippen molar-refractivity contribution in [2.24, 2.45) is 0 Å². The average Bonchev–Trinajstić information content (AvgIpc) is 2.26. The third-order valence-corrected chi connectivity index (χ3v) is 2.48. The number of benzene rings is 1. The molecule has 2 rings (SSSR count). The normalized spacial score (nSPS) is 11.3. The maximum absolute atomic E-state index is 13.0. The molecule has 16 heavy (non-hydrogen) atoms. The molecule has 0 radical (unpaired) electrons. The van der Waals surface area contributed by atoms with Crippen molar-refractivity contribution in [3.63, 3.8) is 0 Å². The monoisotopic (exact) mass is 225 g/mol. The zero-order valence-corrected chi connectivity index (χ0v) is 8.67. The molecule has 0 fully saturated rings. The Balaban J connectivity index is 2.73. The standard InChI is InChI=1S/C12H10F3N/c1-2-7-5-11(12(14)15)16-10-6-8(13)3-4-9(7)10/h3-6,12H,2H2,1H3. The fourth-order valence-electron chi connectivity index (χ4n) is 1.70. The summed E-state index contributed by atoms with van der Waals surface area (Å²) in [6, 6.07) is 5.45. The lowest BCUT2D eigenvalue weighted by Gasteiger charge is -2.07. The van der Waals surface area contributed by atoms with Crippen LogP contribution in [0.1, 0.15) is 24.6 Å². The number of hydrogen-bond donors (Lipinski definition) is 0. The van der Waals surface area contributed by atoms with E-state index in [0.717, 1.165) is 10.9 Å². The van der Waals surface area contributed by atoms with Crippen molar-refractivity contribution in [3.8, 4) is 0 Å². The predicted molar refractivity (Wildman–Crippen MR) is 56.0 cm³/mol. The van der Waals surface area contributed by atoms with Gasteiger partial charge in [0, 0.05) is 11.5 Å². The van der Waals surface area contributed by atoms with E-state index in [2.05, 4.69) is 4.98 Å². The summed E-state index contributed by atoms with van der Waals surface area (Å²) in [7, 11) is 0. The first-order chi connectivity index (χ1) is 7.61. The Kier molecular flexibility index (Phi) is 2.81. The Bertz CT molecular complexity index is 523. The van der Waals surface area contributed by atoms with Gasteiger partial charge in [-0.1, -0.05) is 6.92 Å². The van der Waals surface area contributed by atoms with Gasteiger partial charge in [0.05, 0.1) is 5.52 Å². The molecule has 0 aliphatic rings. The van der Waals surface area contributed by atoms with Crippen LogP contribution in [-0.2, 0) is 6.42 Å². The lowest BCUT2D eigenvalue weighted by molar-refractivity contribution is 0.146. The minimum Gasteiger partial charge on any atom is -0.247 e. The molecule has 84 valence electrons. The number of rotatable bonds is 2. The number of nitrogens with zero attached hydrogens (tertiary/aromatic N) is 1. The smallest absolute Gasteiger partial charge is 0.247 e. The maximum Gasteiger partial charge on any atom is 0.280 e. The Morgan fingerprint density at radius 2 is 2.00 bits per heavy atom. The fourth-order valence-corrected chi connectivity index (χ4v) is 1.70. The molecule has 2 aromatic rings. The quantitative estimate of drug-likeness (QED) is 0.755. The number of aromatic nitrogens is 1. The molecule has 0 saturated heterocycles. The van der Waals surface area contributed by atoms with Gasteiger partial charge in [-0.15, -0.1) is 0 Å². The van der Waals surface area contributed by atoms with Crippen LogP contribution in [0.5, 0.6) is 0 Å². The van der Waals surface area contributed by atoms with Crippen LogP contribution >= 0.6 is 0 Å². The molecular weight excluding hydrogens is 215 g/mol. The summed E-state index contributed by atoms with van der Waals surface area (Å²) in [5.41, 5.74) is 0.755. The van der Waals surface area contributed by atoms with E-state index in [1.807, 2.05) is 6.92 Å². The lowest BCUT2D eigenvalue weighted by atomic mass is 10.1. The first-order valence-corrected chi connectivity index (χ1v) is 4.99. The van der Waals surface area contributed by atoms with Gasteiger partial charge in [0.15, 0.2) is 0 Å². The number of aryl methyl sites for hydroxylation is 1. The highest BCUT2D eigenvalue weighted by atomic mass is 19.3. The molecule has 0 aliphatic heterocycles. The number of hydrogen-bond acceptors (Lipinski definition) is 1. The van der Waals surface area contributed by atoms with Gasteiger partial charge in [0.25, 0.3) is 6.43 Å². The van der Waals surface area contributed by atoms with Crippen LogP contribution in [0.15, 0.2) is 24.3 Å². The highest BCUT2D eigenvalue weighted by molar-refractivity contribution is 5.82. The van der Waals surface area contributed by atoms with Crippen molar-refractivity contribution in [1.29, 1.82) is 0 Å². The van der Waals surface area contributed by atoms with Crippen molar-refractivity contribution in [1.82, 2.24) is 4.98 Å². The molecular formula is C12H10F3N. The van der Waals surface area contributed by atoms with Crippen molar-refractivity contribution in [3.05, 3.63) is 41.3 Å². The van der Waals surface area contributed by atoms with Crippen LogP contribution in [0.25, 0.3) is 10.9 Å². The van der Waals surface area contributed by atoms with E-state index < -0.39 is 12.2 Å². The Morgan fingerprint density at radius 1 is 1.25 bits per heavy atom. The number of alkyl halides is 2. The second-order valence-corrected chi connectivity index (χ2v) is 3.52. The number of pyridine rings is 1. The summed E-state index contributed by atoms with van der Waals surface area (Å²) in [6.07, 6.45) is -2.01. The van der Waals surface area contributed by atoms with Crippen LogP contribution in [0.4, 0.5) is 13.2 Å². The van der Waals surface area contributed by atoms with Gasteiger partial charge in [-0.2, -0.15) is 0 Å². The first kappa shape index (κ1) is 10.9. The molecule has 0 aliphatic carbocycles. The molecule has 1 aromatic heterocycles. The second kappa shape index (κ2) is 4.12. The first-order valence-electron chi connectivity index (χ1n) is 4.99. The van der Waals surface area contributed by atoms with Crippen molar-refractivity contribution >= 4 is 10.9 Å². The van der Waals surface area contributed by atoms with E-state index in [-0.39, 0.29) is 11.2 Å². The molecule has 0 unspecified atom stereocenters. The summed E-state index contributed by atoms with van der Waals surface area (Å²) in [4.78, 5) is 3.75. The van der Waals surface area contributed by atoms with E-state index in [9.17, 15) is 13.2 Å². The van der Waals surface area contributed by atoms with Crippen LogP contribution in [0, 0.1) is 5.82 Å². The number of halogens is 3. The van der Waals surface area contributed by atoms with Gasteiger partial charge in [0.2, 0.25) is 0 Å². The van der Waals surface area contributed by atoms with E-state index in [0.29, 0.717) is 6.42 Å². The molecule has 0 saturated carbocycles. The van der Waals surface area contributed by atoms with Crippen LogP contribution in [0.2, 0.25) is 0 Å². The molecule has 1 nitrogen and oxygen atoms in total. The van der Waals surface area contributed by atoms with Crippen molar-refractivity contribution in [2.75, 3.05) is 0 Å². The molecule has 4 heteroatoms. The van der Waals surface area contributed by atoms with Crippen LogP contribution < -0.4 is 0 Å². The summed E-state index contributed by atoms with van der Waals surface area (Å²) >= 11 is 0. The third-order valence-electron chi connectivity index (χ3n) is 2.48. The Morgan fingerprint density at radius 3 is 2.62 bits per heavy atom. The summed E-state index contributed by atoms with van der Waals surface area (Å²) in [5, 5.41) is 0.730. The highest BCUT2D eigenvalue weighted by Gasteiger charge is 2.12. The molecule has 0 spiro atoms. The zero-order valence-electron chi connectivity index (χ0n) is 8.67. The minimum absolute atomic E-state index is 0.287. The van der Waals surface area contributed by atoms with Crippen molar-refractivity contribution < 1.29 is 13.2 Å². The fraction of sp³-hybridized carbons (Fsp3) is 0.250.